The molecule has 0 saturated carbocycles. The van der Waals surface area contributed by atoms with Gasteiger partial charge in [-0.2, -0.15) is 0 Å². The summed E-state index contributed by atoms with van der Waals surface area (Å²) in [5.41, 5.74) is 8.18. The number of furan rings is 1. The zero-order chi connectivity index (χ0) is 37.2. The third-order valence-corrected chi connectivity index (χ3v) is 11.5. The molecule has 56 heavy (non-hydrogen) atoms. The van der Waals surface area contributed by atoms with Crippen LogP contribution in [0.3, 0.4) is 0 Å². The zero-order valence-electron chi connectivity index (χ0n) is 30.7. The summed E-state index contributed by atoms with van der Waals surface area (Å²) in [7, 11) is 0. The van der Waals surface area contributed by atoms with Crippen molar-refractivity contribution in [3.63, 3.8) is 0 Å². The van der Waals surface area contributed by atoms with Gasteiger partial charge in [0, 0.05) is 38.9 Å². The Hall–Kier alpha value is -7.17. The fraction of sp³-hybridized carbons (Fsp3) is 0.0577. The molecule has 0 spiro atoms. The number of benzene rings is 8. The van der Waals surface area contributed by atoms with Gasteiger partial charge in [-0.15, -0.1) is 0 Å². The maximum atomic E-state index is 6.73. The van der Waals surface area contributed by atoms with Gasteiger partial charge in [-0.25, -0.2) is 15.0 Å². The Labute approximate surface area is 324 Å². The van der Waals surface area contributed by atoms with E-state index in [1.807, 2.05) is 24.3 Å². The molecule has 264 valence electrons. The predicted molar refractivity (Wildman–Crippen MR) is 232 cm³/mol. The molecule has 10 aromatic rings. The highest BCUT2D eigenvalue weighted by Gasteiger charge is 2.25. The Morgan fingerprint density at radius 1 is 0.446 bits per heavy atom. The van der Waals surface area contributed by atoms with Crippen LogP contribution in [0.2, 0.25) is 0 Å². The maximum Gasteiger partial charge on any atom is 0.164 e. The Morgan fingerprint density at radius 3 is 1.93 bits per heavy atom. The summed E-state index contributed by atoms with van der Waals surface area (Å²) in [6.07, 6.45) is 8.86. The first kappa shape index (κ1) is 32.3. The second kappa shape index (κ2) is 13.0. The van der Waals surface area contributed by atoms with E-state index in [4.69, 9.17) is 19.4 Å². The average Bonchev–Trinajstić information content (AvgIpc) is 3.66. The summed E-state index contributed by atoms with van der Waals surface area (Å²) in [6.45, 7) is 2.27. The van der Waals surface area contributed by atoms with E-state index in [1.165, 1.54) is 27.1 Å². The van der Waals surface area contributed by atoms with E-state index in [1.54, 1.807) is 0 Å². The molecule has 0 aliphatic heterocycles. The first-order chi connectivity index (χ1) is 27.7. The summed E-state index contributed by atoms with van der Waals surface area (Å²) in [5, 5.41) is 9.23. The molecular weight excluding hydrogens is 683 g/mol. The van der Waals surface area contributed by atoms with E-state index < -0.39 is 0 Å². The van der Waals surface area contributed by atoms with Crippen molar-refractivity contribution in [2.75, 3.05) is 0 Å². The van der Waals surface area contributed by atoms with Crippen molar-refractivity contribution in [1.82, 2.24) is 15.0 Å². The van der Waals surface area contributed by atoms with Crippen LogP contribution in [-0.4, -0.2) is 15.0 Å². The summed E-state index contributed by atoms with van der Waals surface area (Å²) in [4.78, 5) is 15.5. The van der Waals surface area contributed by atoms with Crippen molar-refractivity contribution >= 4 is 54.3 Å². The summed E-state index contributed by atoms with van der Waals surface area (Å²) in [6, 6.07) is 55.5. The average molecular weight is 718 g/mol. The predicted octanol–water partition coefficient (Wildman–Crippen LogP) is 13.7. The summed E-state index contributed by atoms with van der Waals surface area (Å²) in [5.74, 6) is 2.51. The van der Waals surface area contributed by atoms with Gasteiger partial charge >= 0.3 is 0 Å². The van der Waals surface area contributed by atoms with E-state index in [0.29, 0.717) is 23.4 Å². The number of hydrogen-bond donors (Lipinski definition) is 0. The Kier molecular flexibility index (Phi) is 7.49. The number of allylic oxidation sites excluding steroid dienone is 4. The van der Waals surface area contributed by atoms with Gasteiger partial charge in [0.15, 0.2) is 17.5 Å². The molecule has 0 fully saturated rings. The second-order valence-corrected chi connectivity index (χ2v) is 14.8. The van der Waals surface area contributed by atoms with Crippen molar-refractivity contribution in [2.45, 2.75) is 12.8 Å². The summed E-state index contributed by atoms with van der Waals surface area (Å²) < 4.78 is 6.73. The lowest BCUT2D eigenvalue weighted by atomic mass is 9.82. The van der Waals surface area contributed by atoms with Crippen molar-refractivity contribution in [1.29, 1.82) is 0 Å². The molecular formula is C52H35N3O. The minimum absolute atomic E-state index is 0.231. The van der Waals surface area contributed by atoms with Crippen molar-refractivity contribution in [2.24, 2.45) is 5.92 Å². The number of nitrogens with zero attached hydrogens (tertiary/aromatic N) is 3. The van der Waals surface area contributed by atoms with E-state index in [9.17, 15) is 0 Å². The minimum Gasteiger partial charge on any atom is -0.456 e. The molecule has 2 aromatic heterocycles. The lowest BCUT2D eigenvalue weighted by Crippen LogP contribution is -2.07. The molecule has 4 heteroatoms. The molecule has 11 rings (SSSR count). The van der Waals surface area contributed by atoms with E-state index in [2.05, 4.69) is 165 Å². The first-order valence-electron chi connectivity index (χ1n) is 19.2. The lowest BCUT2D eigenvalue weighted by molar-refractivity contribution is 0.612. The van der Waals surface area contributed by atoms with Gasteiger partial charge in [0.25, 0.3) is 0 Å². The fourth-order valence-corrected chi connectivity index (χ4v) is 8.66. The van der Waals surface area contributed by atoms with Crippen LogP contribution in [0.1, 0.15) is 18.4 Å². The van der Waals surface area contributed by atoms with Crippen molar-refractivity contribution in [3.8, 4) is 45.3 Å². The number of para-hydroxylation sites is 1. The third kappa shape index (κ3) is 5.25. The number of aromatic nitrogens is 3. The number of hydrogen-bond acceptors (Lipinski definition) is 4. The lowest BCUT2D eigenvalue weighted by Gasteiger charge is -2.22. The topological polar surface area (TPSA) is 51.8 Å². The van der Waals surface area contributed by atoms with Gasteiger partial charge in [-0.1, -0.05) is 177 Å². The second-order valence-electron chi connectivity index (χ2n) is 14.8. The van der Waals surface area contributed by atoms with E-state index >= 15 is 0 Å². The smallest absolute Gasteiger partial charge is 0.164 e. The monoisotopic (exact) mass is 717 g/mol. The van der Waals surface area contributed by atoms with Crippen LogP contribution in [0.4, 0.5) is 0 Å². The minimum atomic E-state index is 0.231. The van der Waals surface area contributed by atoms with Crippen molar-refractivity contribution < 1.29 is 4.42 Å². The third-order valence-electron chi connectivity index (χ3n) is 11.5. The van der Waals surface area contributed by atoms with Gasteiger partial charge in [-0.05, 0) is 61.5 Å². The van der Waals surface area contributed by atoms with Crippen LogP contribution in [0, 0.1) is 5.92 Å². The molecule has 0 radical (unpaired) electrons. The van der Waals surface area contributed by atoms with E-state index in [-0.39, 0.29) is 5.92 Å². The van der Waals surface area contributed by atoms with Crippen LogP contribution in [0.25, 0.3) is 99.5 Å². The zero-order valence-corrected chi connectivity index (χ0v) is 30.7. The van der Waals surface area contributed by atoms with Gasteiger partial charge in [0.05, 0.1) is 0 Å². The fourth-order valence-electron chi connectivity index (χ4n) is 8.66. The highest BCUT2D eigenvalue weighted by molar-refractivity contribution is 6.17. The Bertz CT molecular complexity index is 3230. The molecule has 2 unspecified atom stereocenters. The van der Waals surface area contributed by atoms with Crippen molar-refractivity contribution in [3.05, 3.63) is 188 Å². The molecule has 8 aromatic carbocycles. The molecule has 2 atom stereocenters. The maximum absolute atomic E-state index is 6.73. The van der Waals surface area contributed by atoms with Crippen LogP contribution in [-0.2, 0) is 0 Å². The Morgan fingerprint density at radius 2 is 1.09 bits per heavy atom. The van der Waals surface area contributed by atoms with Crippen LogP contribution in [0.5, 0.6) is 0 Å². The molecule has 4 nitrogen and oxygen atoms in total. The van der Waals surface area contributed by atoms with Gasteiger partial charge in [0.1, 0.15) is 11.2 Å². The van der Waals surface area contributed by atoms with Crippen LogP contribution < -0.4 is 0 Å². The molecule has 0 amide bonds. The highest BCUT2D eigenvalue weighted by Crippen LogP contribution is 2.45. The first-order valence-corrected chi connectivity index (χ1v) is 19.2. The number of fused-ring (bicyclic) bond motifs is 7. The van der Waals surface area contributed by atoms with E-state index in [0.717, 1.165) is 60.5 Å². The number of rotatable bonds is 5. The molecule has 0 bridgehead atoms. The standard InChI is InChI=1S/C52H35N3O/c1-32-13-5-7-17-37(32)43-30-29-42(48-45-19-9-10-24-47(45)56-49(43)48)40-21-11-22-41-39(40)20-12-23-44(41)52-54-50(35-15-3-2-4-16-35)53-51(55-52)36-28-27-34-26-25-33-14-6-8-18-38(33)46(34)31-36/h2-32,37H,1H3. The molecule has 0 N–H and O–H groups in total. The normalized spacial score (nSPS) is 15.4. The van der Waals surface area contributed by atoms with Crippen LogP contribution in [0.15, 0.2) is 186 Å². The highest BCUT2D eigenvalue weighted by atomic mass is 16.3. The largest absolute Gasteiger partial charge is 0.456 e. The molecule has 2 heterocycles. The van der Waals surface area contributed by atoms with Gasteiger partial charge in [0.2, 0.25) is 0 Å². The van der Waals surface area contributed by atoms with Gasteiger partial charge < -0.3 is 4.42 Å². The molecule has 1 aliphatic carbocycles. The molecule has 0 saturated heterocycles. The summed E-state index contributed by atoms with van der Waals surface area (Å²) >= 11 is 0. The Balaban J connectivity index is 1.12. The molecule has 1 aliphatic rings. The van der Waals surface area contributed by atoms with Gasteiger partial charge in [-0.3, -0.25) is 0 Å². The quantitative estimate of drug-likeness (QED) is 0.166. The SMILES string of the molecule is CC1C=CC=CC1c1ccc(-c2cccc3c(-c4nc(-c5ccccc5)nc(-c5ccc6ccc7ccccc7c6c5)n4)cccc23)c2c1oc1ccccc12. The van der Waals surface area contributed by atoms with Crippen LogP contribution >= 0.6 is 0 Å².